The first-order valence-corrected chi connectivity index (χ1v) is 10.4. The molecule has 0 saturated heterocycles. The quantitative estimate of drug-likeness (QED) is 0.528. The first-order chi connectivity index (χ1) is 14.2. The topological polar surface area (TPSA) is 46.9 Å². The Morgan fingerprint density at radius 1 is 1.07 bits per heavy atom. The van der Waals surface area contributed by atoms with Gasteiger partial charge in [0.25, 0.3) is 5.91 Å². The molecule has 2 heterocycles. The zero-order valence-electron chi connectivity index (χ0n) is 15.6. The highest BCUT2D eigenvalue weighted by Gasteiger charge is 2.23. The molecule has 144 valence electrons. The summed E-state index contributed by atoms with van der Waals surface area (Å²) in [6, 6.07) is 19.9. The van der Waals surface area contributed by atoms with Crippen LogP contribution in [0.1, 0.15) is 16.1 Å². The lowest BCUT2D eigenvalue weighted by atomic mass is 10.0. The molecule has 0 aliphatic carbocycles. The molecule has 4 nitrogen and oxygen atoms in total. The highest BCUT2D eigenvalue weighted by Crippen LogP contribution is 2.33. The van der Waals surface area contributed by atoms with Gasteiger partial charge in [0.2, 0.25) is 0 Å². The Kier molecular flexibility index (Phi) is 4.56. The molecule has 0 fully saturated rings. The smallest absolute Gasteiger partial charge is 0.252 e. The van der Waals surface area contributed by atoms with E-state index in [4.69, 9.17) is 4.98 Å². The van der Waals surface area contributed by atoms with Crippen molar-refractivity contribution in [2.75, 3.05) is 5.75 Å². The zero-order valence-corrected chi connectivity index (χ0v) is 16.4. The molecule has 0 radical (unpaired) electrons. The van der Waals surface area contributed by atoms with Gasteiger partial charge in [-0.1, -0.05) is 48.2 Å². The van der Waals surface area contributed by atoms with Gasteiger partial charge in [-0.15, -0.1) is 0 Å². The van der Waals surface area contributed by atoms with Crippen LogP contribution in [0.15, 0.2) is 71.9 Å². The van der Waals surface area contributed by atoms with Crippen LogP contribution in [-0.2, 0) is 13.1 Å². The van der Waals surface area contributed by atoms with E-state index in [1.807, 2.05) is 42.5 Å². The van der Waals surface area contributed by atoms with Crippen LogP contribution >= 0.6 is 11.8 Å². The zero-order chi connectivity index (χ0) is 19.8. The van der Waals surface area contributed by atoms with Crippen LogP contribution in [-0.4, -0.2) is 21.2 Å². The minimum absolute atomic E-state index is 0.118. The van der Waals surface area contributed by atoms with E-state index in [0.29, 0.717) is 12.1 Å². The van der Waals surface area contributed by atoms with Gasteiger partial charge in [0.05, 0.1) is 17.9 Å². The molecule has 1 aromatic heterocycles. The largest absolute Gasteiger partial charge is 0.346 e. The fraction of sp³-hybridized carbons (Fsp3) is 0.130. The van der Waals surface area contributed by atoms with Crippen molar-refractivity contribution in [2.45, 2.75) is 18.2 Å². The summed E-state index contributed by atoms with van der Waals surface area (Å²) < 4.78 is 15.5. The second kappa shape index (κ2) is 7.37. The number of imidazole rings is 1. The van der Waals surface area contributed by atoms with Crippen molar-refractivity contribution in [1.29, 1.82) is 0 Å². The van der Waals surface area contributed by atoms with E-state index in [1.165, 1.54) is 12.1 Å². The van der Waals surface area contributed by atoms with Crippen molar-refractivity contribution >= 4 is 28.4 Å². The van der Waals surface area contributed by atoms with E-state index in [1.54, 1.807) is 23.9 Å². The van der Waals surface area contributed by atoms with Crippen molar-refractivity contribution in [3.8, 4) is 11.3 Å². The maximum atomic E-state index is 13.3. The van der Waals surface area contributed by atoms with Gasteiger partial charge in [-0.2, -0.15) is 0 Å². The van der Waals surface area contributed by atoms with Crippen LogP contribution in [0.3, 0.4) is 0 Å². The van der Waals surface area contributed by atoms with Crippen molar-refractivity contribution in [2.24, 2.45) is 0 Å². The number of amides is 1. The SMILES string of the molecule is O=C(NCc1c(-c2ccc(F)cc2)nc2n1CCS2)c1cccc2ccccc12. The number of hydrogen-bond donors (Lipinski definition) is 1. The number of benzene rings is 3. The summed E-state index contributed by atoms with van der Waals surface area (Å²) in [5.74, 6) is 0.574. The van der Waals surface area contributed by atoms with Gasteiger partial charge in [-0.3, -0.25) is 4.79 Å². The minimum atomic E-state index is -0.277. The fourth-order valence-corrected chi connectivity index (χ4v) is 4.70. The number of halogens is 1. The first-order valence-electron chi connectivity index (χ1n) is 9.45. The molecule has 4 aromatic rings. The average Bonchev–Trinajstić information content (AvgIpc) is 3.34. The lowest BCUT2D eigenvalue weighted by Crippen LogP contribution is -2.24. The van der Waals surface area contributed by atoms with Crippen LogP contribution < -0.4 is 5.32 Å². The highest BCUT2D eigenvalue weighted by atomic mass is 32.2. The summed E-state index contributed by atoms with van der Waals surface area (Å²) in [5.41, 5.74) is 3.25. The van der Waals surface area contributed by atoms with Gasteiger partial charge in [-0.25, -0.2) is 9.37 Å². The number of fused-ring (bicyclic) bond motifs is 2. The highest BCUT2D eigenvalue weighted by molar-refractivity contribution is 7.99. The van der Waals surface area contributed by atoms with E-state index in [0.717, 1.165) is 45.2 Å². The molecule has 1 amide bonds. The van der Waals surface area contributed by atoms with Crippen LogP contribution in [0.4, 0.5) is 4.39 Å². The number of thioether (sulfide) groups is 1. The molecule has 0 spiro atoms. The summed E-state index contributed by atoms with van der Waals surface area (Å²) in [6.45, 7) is 1.22. The first kappa shape index (κ1) is 17.9. The molecule has 1 aliphatic heterocycles. The van der Waals surface area contributed by atoms with E-state index >= 15 is 0 Å². The normalized spacial score (nSPS) is 12.9. The molecule has 1 aliphatic rings. The number of aromatic nitrogens is 2. The summed E-state index contributed by atoms with van der Waals surface area (Å²) >= 11 is 1.70. The number of nitrogens with zero attached hydrogens (tertiary/aromatic N) is 2. The average molecular weight is 403 g/mol. The molecule has 6 heteroatoms. The van der Waals surface area contributed by atoms with Gasteiger partial charge in [-0.05, 0) is 41.1 Å². The van der Waals surface area contributed by atoms with Gasteiger partial charge < -0.3 is 9.88 Å². The van der Waals surface area contributed by atoms with Crippen LogP contribution in [0.5, 0.6) is 0 Å². The Hall–Kier alpha value is -3.12. The third-order valence-corrected chi connectivity index (χ3v) is 6.11. The summed E-state index contributed by atoms with van der Waals surface area (Å²) in [6.07, 6.45) is 0. The van der Waals surface area contributed by atoms with Crippen LogP contribution in [0.25, 0.3) is 22.0 Å². The Labute approximate surface area is 171 Å². The maximum absolute atomic E-state index is 13.3. The third-order valence-electron chi connectivity index (χ3n) is 5.15. The molecule has 0 atom stereocenters. The summed E-state index contributed by atoms with van der Waals surface area (Å²) in [5, 5.41) is 5.97. The predicted octanol–water partition coefficient (Wildman–Crippen LogP) is 4.88. The van der Waals surface area contributed by atoms with Crippen molar-refractivity contribution in [3.63, 3.8) is 0 Å². The fourth-order valence-electron chi connectivity index (χ4n) is 3.73. The van der Waals surface area contributed by atoms with E-state index < -0.39 is 0 Å². The molecular formula is C23H18FN3OS. The number of carbonyl (C=O) groups is 1. The van der Waals surface area contributed by atoms with Crippen LogP contribution in [0, 0.1) is 5.82 Å². The Bertz CT molecular complexity index is 1210. The second-order valence-electron chi connectivity index (χ2n) is 6.91. The van der Waals surface area contributed by atoms with Gasteiger partial charge in [0.15, 0.2) is 5.16 Å². The third kappa shape index (κ3) is 3.29. The summed E-state index contributed by atoms with van der Waals surface area (Å²) in [7, 11) is 0. The van der Waals surface area contributed by atoms with E-state index in [9.17, 15) is 9.18 Å². The minimum Gasteiger partial charge on any atom is -0.346 e. The molecular weight excluding hydrogens is 385 g/mol. The number of rotatable bonds is 4. The predicted molar refractivity (Wildman–Crippen MR) is 113 cm³/mol. The Balaban J connectivity index is 1.46. The Morgan fingerprint density at radius 3 is 2.72 bits per heavy atom. The monoisotopic (exact) mass is 403 g/mol. The van der Waals surface area contributed by atoms with Crippen LogP contribution in [0.2, 0.25) is 0 Å². The molecule has 29 heavy (non-hydrogen) atoms. The maximum Gasteiger partial charge on any atom is 0.252 e. The van der Waals surface area contributed by atoms with Gasteiger partial charge >= 0.3 is 0 Å². The van der Waals surface area contributed by atoms with Gasteiger partial charge in [0, 0.05) is 23.4 Å². The second-order valence-corrected chi connectivity index (χ2v) is 7.97. The number of carbonyl (C=O) groups excluding carboxylic acids is 1. The molecule has 3 aromatic carbocycles. The lowest BCUT2D eigenvalue weighted by Gasteiger charge is -2.11. The van der Waals surface area contributed by atoms with E-state index in [-0.39, 0.29) is 11.7 Å². The molecule has 1 N–H and O–H groups in total. The number of nitrogens with one attached hydrogen (secondary N) is 1. The van der Waals surface area contributed by atoms with Crippen molar-refractivity contribution in [1.82, 2.24) is 14.9 Å². The summed E-state index contributed by atoms with van der Waals surface area (Å²) in [4.78, 5) is 17.7. The number of hydrogen-bond acceptors (Lipinski definition) is 3. The lowest BCUT2D eigenvalue weighted by molar-refractivity contribution is 0.0951. The molecule has 0 saturated carbocycles. The molecule has 5 rings (SSSR count). The van der Waals surface area contributed by atoms with E-state index in [2.05, 4.69) is 9.88 Å². The Morgan fingerprint density at radius 2 is 1.86 bits per heavy atom. The standard InChI is InChI=1S/C23H18FN3OS/c24-17-10-8-16(9-11-17)21-20(27-12-13-29-23(27)26-21)14-25-22(28)19-7-3-5-15-4-1-2-6-18(15)19/h1-11H,12-14H2,(H,25,28). The van der Waals surface area contributed by atoms with Crippen molar-refractivity contribution < 1.29 is 9.18 Å². The molecule has 0 unspecified atom stereocenters. The van der Waals surface area contributed by atoms with Crippen molar-refractivity contribution in [3.05, 3.63) is 83.8 Å². The van der Waals surface area contributed by atoms with Gasteiger partial charge in [0.1, 0.15) is 5.82 Å². The molecule has 0 bridgehead atoms.